The molecule has 1 aromatic rings. The molecule has 0 aliphatic heterocycles. The van der Waals surface area contributed by atoms with E-state index in [1.54, 1.807) is 0 Å². The first-order valence-corrected chi connectivity index (χ1v) is 5.89. The molecule has 0 aliphatic carbocycles. The van der Waals surface area contributed by atoms with Gasteiger partial charge in [0.05, 0.1) is 22.8 Å². The van der Waals surface area contributed by atoms with E-state index in [1.165, 1.54) is 0 Å². The van der Waals surface area contributed by atoms with E-state index in [0.717, 1.165) is 22.8 Å². The zero-order chi connectivity index (χ0) is 12.7. The van der Waals surface area contributed by atoms with Crippen molar-refractivity contribution in [3.8, 4) is 0 Å². The predicted octanol–water partition coefficient (Wildman–Crippen LogP) is 3.69. The van der Waals surface area contributed by atoms with Crippen LogP contribution in [-0.4, -0.2) is 9.97 Å². The van der Waals surface area contributed by atoms with Crippen molar-refractivity contribution in [3.63, 3.8) is 0 Å². The molecular weight excluding hydrogens is 196 g/mol. The Morgan fingerprint density at radius 2 is 0.875 bits per heavy atom. The molecular formula is C14H24N2. The largest absolute Gasteiger partial charge is 0.254 e. The minimum absolute atomic E-state index is 0.0677. The molecule has 0 unspecified atom stereocenters. The Morgan fingerprint density at radius 1 is 0.625 bits per heavy atom. The van der Waals surface area contributed by atoms with Crippen molar-refractivity contribution in [2.45, 2.75) is 66.2 Å². The van der Waals surface area contributed by atoms with Crippen LogP contribution in [0.15, 0.2) is 0 Å². The molecule has 16 heavy (non-hydrogen) atoms. The molecule has 0 amide bonds. The summed E-state index contributed by atoms with van der Waals surface area (Å²) in [7, 11) is 0. The van der Waals surface area contributed by atoms with Crippen molar-refractivity contribution in [2.75, 3.05) is 0 Å². The molecule has 90 valence electrons. The van der Waals surface area contributed by atoms with Gasteiger partial charge in [0.1, 0.15) is 0 Å². The number of aromatic nitrogens is 2. The second-order valence-electron chi connectivity index (χ2n) is 6.59. The summed E-state index contributed by atoms with van der Waals surface area (Å²) in [5, 5.41) is 0. The molecule has 2 heteroatoms. The number of rotatable bonds is 0. The summed E-state index contributed by atoms with van der Waals surface area (Å²) in [5.74, 6) is 0. The molecule has 0 N–H and O–H groups in total. The lowest BCUT2D eigenvalue weighted by Crippen LogP contribution is -2.23. The second kappa shape index (κ2) is 3.83. The summed E-state index contributed by atoms with van der Waals surface area (Å²) in [5.41, 5.74) is 4.47. The van der Waals surface area contributed by atoms with Crippen LogP contribution in [0.4, 0.5) is 0 Å². The van der Waals surface area contributed by atoms with E-state index in [-0.39, 0.29) is 10.8 Å². The van der Waals surface area contributed by atoms with E-state index in [0.29, 0.717) is 0 Å². The van der Waals surface area contributed by atoms with Gasteiger partial charge in [-0.3, -0.25) is 9.97 Å². The van der Waals surface area contributed by atoms with E-state index in [4.69, 9.17) is 9.97 Å². The van der Waals surface area contributed by atoms with E-state index in [1.807, 2.05) is 0 Å². The molecule has 0 radical (unpaired) electrons. The molecule has 1 aromatic heterocycles. The predicted molar refractivity (Wildman–Crippen MR) is 68.9 cm³/mol. The van der Waals surface area contributed by atoms with Crippen molar-refractivity contribution in [3.05, 3.63) is 22.8 Å². The van der Waals surface area contributed by atoms with Crippen molar-refractivity contribution in [2.24, 2.45) is 0 Å². The van der Waals surface area contributed by atoms with Crippen LogP contribution in [0, 0.1) is 13.8 Å². The summed E-state index contributed by atoms with van der Waals surface area (Å²) in [6, 6.07) is 0. The normalized spacial score (nSPS) is 13.0. The van der Waals surface area contributed by atoms with Crippen molar-refractivity contribution in [1.82, 2.24) is 9.97 Å². The number of nitrogens with zero attached hydrogens (tertiary/aromatic N) is 2. The monoisotopic (exact) mass is 220 g/mol. The molecule has 1 heterocycles. The molecule has 0 spiro atoms. The second-order valence-corrected chi connectivity index (χ2v) is 6.59. The van der Waals surface area contributed by atoms with E-state index in [9.17, 15) is 0 Å². The summed E-state index contributed by atoms with van der Waals surface area (Å²) in [4.78, 5) is 9.50. The Hall–Kier alpha value is -0.920. The number of hydrogen-bond acceptors (Lipinski definition) is 2. The molecule has 0 saturated carbocycles. The van der Waals surface area contributed by atoms with Crippen LogP contribution in [0.1, 0.15) is 64.3 Å². The van der Waals surface area contributed by atoms with Crippen molar-refractivity contribution in [1.29, 1.82) is 0 Å². The summed E-state index contributed by atoms with van der Waals surface area (Å²) < 4.78 is 0. The van der Waals surface area contributed by atoms with Crippen LogP contribution in [0.3, 0.4) is 0 Å². The lowest BCUT2D eigenvalue weighted by Gasteiger charge is -2.25. The van der Waals surface area contributed by atoms with Crippen LogP contribution in [0.25, 0.3) is 0 Å². The maximum absolute atomic E-state index is 4.75. The first-order chi connectivity index (χ1) is 7.03. The lowest BCUT2D eigenvalue weighted by atomic mass is 9.87. The summed E-state index contributed by atoms with van der Waals surface area (Å²) >= 11 is 0. The number of hydrogen-bond donors (Lipinski definition) is 0. The Labute approximate surface area is 99.5 Å². The van der Waals surface area contributed by atoms with E-state index < -0.39 is 0 Å². The molecule has 2 nitrogen and oxygen atoms in total. The first kappa shape index (κ1) is 13.1. The van der Waals surface area contributed by atoms with Gasteiger partial charge in [0.2, 0.25) is 0 Å². The maximum atomic E-state index is 4.75. The highest BCUT2D eigenvalue weighted by molar-refractivity contribution is 5.27. The van der Waals surface area contributed by atoms with Gasteiger partial charge >= 0.3 is 0 Å². The van der Waals surface area contributed by atoms with Crippen LogP contribution in [0.5, 0.6) is 0 Å². The Kier molecular flexibility index (Phi) is 3.15. The third-order valence-corrected chi connectivity index (χ3v) is 2.67. The van der Waals surface area contributed by atoms with Gasteiger partial charge in [-0.05, 0) is 13.8 Å². The smallest absolute Gasteiger partial charge is 0.0672 e. The van der Waals surface area contributed by atoms with Gasteiger partial charge in [-0.2, -0.15) is 0 Å². The minimum Gasteiger partial charge on any atom is -0.254 e. The topological polar surface area (TPSA) is 25.8 Å². The third-order valence-electron chi connectivity index (χ3n) is 2.67. The quantitative estimate of drug-likeness (QED) is 0.666. The SMILES string of the molecule is Cc1nc(C(C)(C)C)c(C)nc1C(C)(C)C. The Balaban J connectivity index is 3.40. The molecule has 0 fully saturated rings. The molecule has 0 atom stereocenters. The number of aryl methyl sites for hydroxylation is 2. The Bertz CT molecular complexity index is 353. The highest BCUT2D eigenvalue weighted by Gasteiger charge is 2.24. The van der Waals surface area contributed by atoms with Gasteiger partial charge in [-0.25, -0.2) is 0 Å². The Morgan fingerprint density at radius 3 is 1.06 bits per heavy atom. The van der Waals surface area contributed by atoms with Gasteiger partial charge in [0.25, 0.3) is 0 Å². The van der Waals surface area contributed by atoms with Gasteiger partial charge in [0.15, 0.2) is 0 Å². The van der Waals surface area contributed by atoms with Gasteiger partial charge < -0.3 is 0 Å². The van der Waals surface area contributed by atoms with Gasteiger partial charge in [0, 0.05) is 10.8 Å². The average molecular weight is 220 g/mol. The van der Waals surface area contributed by atoms with Crippen molar-refractivity contribution >= 4 is 0 Å². The van der Waals surface area contributed by atoms with Crippen LogP contribution in [0.2, 0.25) is 0 Å². The molecule has 0 saturated heterocycles. The molecule has 0 bridgehead atoms. The highest BCUT2D eigenvalue weighted by atomic mass is 14.9. The van der Waals surface area contributed by atoms with Crippen LogP contribution in [-0.2, 0) is 10.8 Å². The van der Waals surface area contributed by atoms with E-state index in [2.05, 4.69) is 55.4 Å². The van der Waals surface area contributed by atoms with Crippen LogP contribution < -0.4 is 0 Å². The standard InChI is InChI=1S/C14H24N2/c1-9-11(13(3,4)5)16-10(2)12(15-9)14(6,7)8/h1-8H3. The first-order valence-electron chi connectivity index (χ1n) is 5.89. The van der Waals surface area contributed by atoms with Gasteiger partial charge in [-0.1, -0.05) is 41.5 Å². The highest BCUT2D eigenvalue weighted by Crippen LogP contribution is 2.28. The maximum Gasteiger partial charge on any atom is 0.0672 e. The fourth-order valence-electron chi connectivity index (χ4n) is 2.02. The lowest BCUT2D eigenvalue weighted by molar-refractivity contribution is 0.527. The summed E-state index contributed by atoms with van der Waals surface area (Å²) in [6.07, 6.45) is 0. The summed E-state index contributed by atoms with van der Waals surface area (Å²) in [6.45, 7) is 17.2. The fourth-order valence-corrected chi connectivity index (χ4v) is 2.02. The molecule has 0 aromatic carbocycles. The minimum atomic E-state index is 0.0677. The molecule has 1 rings (SSSR count). The zero-order valence-corrected chi connectivity index (χ0v) is 11.9. The fraction of sp³-hybridized carbons (Fsp3) is 0.714. The average Bonchev–Trinajstić information content (AvgIpc) is 2.04. The van der Waals surface area contributed by atoms with E-state index >= 15 is 0 Å². The van der Waals surface area contributed by atoms with Crippen molar-refractivity contribution < 1.29 is 0 Å². The zero-order valence-electron chi connectivity index (χ0n) is 11.9. The third kappa shape index (κ3) is 2.60. The molecule has 0 aliphatic rings. The van der Waals surface area contributed by atoms with Gasteiger partial charge in [-0.15, -0.1) is 0 Å². The van der Waals surface area contributed by atoms with Crippen LogP contribution >= 0.6 is 0 Å².